The van der Waals surface area contributed by atoms with Crippen LogP contribution in [0.1, 0.15) is 253 Å². The largest absolute Gasteiger partial charge is 0.721 e. The van der Waals surface area contributed by atoms with Gasteiger partial charge in [0.15, 0.2) is 0 Å². The maximum Gasteiger partial charge on any atom is 0.721 e. The van der Waals surface area contributed by atoms with Crippen LogP contribution in [0.3, 0.4) is 0 Å². The van der Waals surface area contributed by atoms with Gasteiger partial charge in [-0.2, -0.15) is 0 Å². The lowest BCUT2D eigenvalue weighted by Crippen LogP contribution is -2.49. The van der Waals surface area contributed by atoms with Crippen LogP contribution in [0, 0.1) is 65.3 Å². The molecule has 0 radical (unpaired) electrons. The van der Waals surface area contributed by atoms with Gasteiger partial charge in [-0.15, -0.1) is 6.42 Å². The van der Waals surface area contributed by atoms with Crippen LogP contribution in [0.4, 0.5) is 0 Å². The van der Waals surface area contributed by atoms with Crippen molar-refractivity contribution in [3.05, 3.63) is 0 Å². The number of ether oxygens (including phenoxy) is 1. The Kier molecular flexibility index (Phi) is 62.8. The molecule has 18 heteroatoms. The normalized spacial score (nSPS) is 11.5. The summed E-state index contributed by atoms with van der Waals surface area (Å²) in [6, 6.07) is 0. The van der Waals surface area contributed by atoms with Crippen LogP contribution in [-0.4, -0.2) is 116 Å². The maximum atomic E-state index is 6.75. The number of hydrogen-bond donors (Lipinski definition) is 0. The Balaban J connectivity index is 7.30. The summed E-state index contributed by atoms with van der Waals surface area (Å²) in [6.07, 6.45) is 46.4. The first-order valence-corrected chi connectivity index (χ1v) is 31.9. The number of terminal acetylenes is 1. The first-order chi connectivity index (χ1) is 40.0. The Bertz CT molecular complexity index is 1600. The number of rotatable bonds is 63. The van der Waals surface area contributed by atoms with Gasteiger partial charge in [0.1, 0.15) is 19.4 Å². The van der Waals surface area contributed by atoms with Gasteiger partial charge >= 0.3 is 29.1 Å². The van der Waals surface area contributed by atoms with E-state index in [9.17, 15) is 0 Å². The van der Waals surface area contributed by atoms with Crippen molar-refractivity contribution in [1.82, 2.24) is 0 Å². The minimum absolute atomic E-state index is 0.0292. The SMILES string of the molecule is C#CC#CC#CC#CC#COB(OCCCCCCCCCC)OCC(COB(COOC)OCOC)(COB(OCCCCCCCC)OCCCCCCCC)COB(OCCCCCCCCC)OCCCCCCCCC. The molecule has 0 aliphatic heterocycles. The van der Waals surface area contributed by atoms with E-state index < -0.39 is 34.5 Å². The zero-order valence-electron chi connectivity index (χ0n) is 52.4. The summed E-state index contributed by atoms with van der Waals surface area (Å²) in [5.41, 5.74) is -1.15. The third-order valence-electron chi connectivity index (χ3n) is 13.3. The molecule has 460 valence electrons. The molecule has 1 unspecified atom stereocenters. The molecule has 0 saturated heterocycles. The van der Waals surface area contributed by atoms with Crippen molar-refractivity contribution in [2.75, 3.05) is 87.0 Å². The molecule has 0 heterocycles. The number of hydrogen-bond acceptors (Lipinski definition) is 14. The van der Waals surface area contributed by atoms with Crippen molar-refractivity contribution in [3.63, 3.8) is 0 Å². The van der Waals surface area contributed by atoms with Crippen LogP contribution in [0.5, 0.6) is 0 Å². The molecule has 0 saturated carbocycles. The van der Waals surface area contributed by atoms with E-state index in [2.05, 4.69) is 88.1 Å². The molecular weight excluding hydrogens is 1020 g/mol. The molecule has 0 aromatic heterocycles. The van der Waals surface area contributed by atoms with Gasteiger partial charge in [-0.25, -0.2) is 9.78 Å². The van der Waals surface area contributed by atoms with Crippen molar-refractivity contribution in [2.45, 2.75) is 253 Å². The van der Waals surface area contributed by atoms with E-state index in [0.29, 0.717) is 33.0 Å². The van der Waals surface area contributed by atoms with Gasteiger partial charge in [0.05, 0.1) is 12.5 Å². The van der Waals surface area contributed by atoms with Crippen molar-refractivity contribution in [2.24, 2.45) is 5.41 Å². The van der Waals surface area contributed by atoms with Gasteiger partial charge in [0.2, 0.25) is 0 Å². The molecule has 1 atom stereocenters. The highest BCUT2D eigenvalue weighted by atomic mass is 17.2. The lowest BCUT2D eigenvalue weighted by atomic mass is 9.87. The molecular formula is C63H112B4O14. The van der Waals surface area contributed by atoms with E-state index in [4.69, 9.17) is 72.1 Å². The molecule has 0 aromatic carbocycles. The molecule has 0 bridgehead atoms. The zero-order chi connectivity index (χ0) is 58.9. The van der Waals surface area contributed by atoms with Gasteiger partial charge in [-0.1, -0.05) is 221 Å². The Morgan fingerprint density at radius 2 is 0.642 bits per heavy atom. The van der Waals surface area contributed by atoms with Crippen LogP contribution in [-0.2, 0) is 65.7 Å². The molecule has 14 nitrogen and oxygen atoms in total. The molecule has 0 fully saturated rings. The zero-order valence-corrected chi connectivity index (χ0v) is 52.4. The molecule has 0 aromatic rings. The summed E-state index contributed by atoms with van der Waals surface area (Å²) in [7, 11) is -1.18. The van der Waals surface area contributed by atoms with Crippen molar-refractivity contribution >= 4 is 29.1 Å². The standard InChI is InChI=1S/C63H112B4O14/c1-9-15-21-27-33-37-43-49-55-74-67(75-56-50-44-38-34-28-22-16-10-2)79-60-63(57-76-64(61-81-69-8)80-62-68-7,58-77-65(70-51-45-39-31-25-19-13-5)71-52-46-40-32-26-20-14-6)59-78-66(72-53-47-41-35-29-23-17-11-3)73-54-48-42-36-30-24-18-12-4/h1H,10-14,16-20,22-26,28-32,34-36,38-42,44-48,50-54,56-62H2,2-8H3. The summed E-state index contributed by atoms with van der Waals surface area (Å²) in [6.45, 7) is 13.1. The van der Waals surface area contributed by atoms with Crippen LogP contribution >= 0.6 is 0 Å². The minimum Gasteiger partial charge on any atom is -0.461 e. The van der Waals surface area contributed by atoms with Crippen molar-refractivity contribution in [3.8, 4) is 59.9 Å². The van der Waals surface area contributed by atoms with Crippen LogP contribution < -0.4 is 0 Å². The number of unbranched alkanes of at least 4 members (excludes halogenated alkanes) is 29. The molecule has 0 aliphatic carbocycles. The average molecular weight is 1140 g/mol. The number of methoxy groups -OCH3 is 1. The first-order valence-electron chi connectivity index (χ1n) is 31.9. The average Bonchev–Trinajstić information content (AvgIpc) is 3.48. The molecule has 0 N–H and O–H groups in total. The summed E-state index contributed by atoms with van der Waals surface area (Å²) in [4.78, 5) is 10.3. The van der Waals surface area contributed by atoms with Gasteiger partial charge in [-0.3, -0.25) is 0 Å². The van der Waals surface area contributed by atoms with Crippen LogP contribution in [0.15, 0.2) is 0 Å². The molecule has 0 rings (SSSR count). The second-order valence-electron chi connectivity index (χ2n) is 20.9. The van der Waals surface area contributed by atoms with Crippen LogP contribution in [0.25, 0.3) is 0 Å². The highest BCUT2D eigenvalue weighted by Crippen LogP contribution is 2.25. The summed E-state index contributed by atoms with van der Waals surface area (Å²) < 4.78 is 75.8. The summed E-state index contributed by atoms with van der Waals surface area (Å²) in [5, 5.41) is 0. The molecule has 0 amide bonds. The fraction of sp³-hybridized carbons (Fsp3) is 0.841. The third kappa shape index (κ3) is 55.0. The van der Waals surface area contributed by atoms with Gasteiger partial charge < -0.3 is 55.9 Å². The molecule has 0 aliphatic rings. The van der Waals surface area contributed by atoms with Crippen molar-refractivity contribution < 1.29 is 65.7 Å². The topological polar surface area (TPSA) is 129 Å². The predicted molar refractivity (Wildman–Crippen MR) is 331 cm³/mol. The van der Waals surface area contributed by atoms with E-state index in [-0.39, 0.29) is 39.7 Å². The second-order valence-corrected chi connectivity index (χ2v) is 20.9. The van der Waals surface area contributed by atoms with E-state index in [1.54, 1.807) is 0 Å². The maximum absolute atomic E-state index is 6.75. The predicted octanol–water partition coefficient (Wildman–Crippen LogP) is 14.3. The molecule has 0 spiro atoms. The van der Waals surface area contributed by atoms with E-state index >= 15 is 0 Å². The van der Waals surface area contributed by atoms with Crippen molar-refractivity contribution in [1.29, 1.82) is 0 Å². The molecule has 81 heavy (non-hydrogen) atoms. The fourth-order valence-electron chi connectivity index (χ4n) is 8.38. The summed E-state index contributed by atoms with van der Waals surface area (Å²) >= 11 is 0. The van der Waals surface area contributed by atoms with E-state index in [1.165, 1.54) is 136 Å². The smallest absolute Gasteiger partial charge is 0.461 e. The summed E-state index contributed by atoms with van der Waals surface area (Å²) in [5.74, 6) is 20.3. The lowest BCUT2D eigenvalue weighted by molar-refractivity contribution is -0.262. The highest BCUT2D eigenvalue weighted by Gasteiger charge is 2.41. The lowest BCUT2D eigenvalue weighted by Gasteiger charge is -2.35. The van der Waals surface area contributed by atoms with E-state index in [1.807, 2.05) is 0 Å². The Hall–Kier alpha value is -2.66. The van der Waals surface area contributed by atoms with Crippen LogP contribution in [0.2, 0.25) is 0 Å². The first kappa shape index (κ1) is 78.3. The Labute approximate surface area is 498 Å². The second kappa shape index (κ2) is 64.9. The Morgan fingerprint density at radius 1 is 0.333 bits per heavy atom. The van der Waals surface area contributed by atoms with Gasteiger partial charge in [0, 0.05) is 90.3 Å². The third-order valence-corrected chi connectivity index (χ3v) is 13.3. The minimum atomic E-state index is -1.24. The van der Waals surface area contributed by atoms with E-state index in [0.717, 1.165) is 96.3 Å². The van der Waals surface area contributed by atoms with Gasteiger partial charge in [-0.05, 0) is 55.8 Å². The monoisotopic (exact) mass is 1140 g/mol. The van der Waals surface area contributed by atoms with Gasteiger partial charge in [0.25, 0.3) is 0 Å². The fourth-order valence-corrected chi connectivity index (χ4v) is 8.38. The Morgan fingerprint density at radius 3 is 0.988 bits per heavy atom. The highest BCUT2D eigenvalue weighted by molar-refractivity contribution is 6.44. The quantitative estimate of drug-likeness (QED) is 0.0143.